The normalized spacial score (nSPS) is 11.6. The topological polar surface area (TPSA) is 90.0 Å². The molecule has 0 atom stereocenters. The van der Waals surface area contributed by atoms with Crippen LogP contribution in [0.5, 0.6) is 0 Å². The summed E-state index contributed by atoms with van der Waals surface area (Å²) >= 11 is 0. The monoisotopic (exact) mass is 294 g/mol. The number of nitrogens with one attached hydrogen (secondary N) is 1. The van der Waals surface area contributed by atoms with Crippen LogP contribution in [-0.4, -0.2) is 18.2 Å². The molecule has 20 heavy (non-hydrogen) atoms. The summed E-state index contributed by atoms with van der Waals surface area (Å²) in [7, 11) is -1.99. The number of aromatic nitrogens is 2. The molecule has 0 aliphatic rings. The Morgan fingerprint density at radius 3 is 2.70 bits per heavy atom. The van der Waals surface area contributed by atoms with Crippen molar-refractivity contribution >= 4 is 15.8 Å². The lowest BCUT2D eigenvalue weighted by atomic mass is 10.2. The number of rotatable bonds is 4. The van der Waals surface area contributed by atoms with E-state index in [1.165, 1.54) is 4.68 Å². The average Bonchev–Trinajstić information content (AvgIpc) is 2.73. The van der Waals surface area contributed by atoms with E-state index in [-0.39, 0.29) is 11.4 Å². The number of hydrogen-bond donors (Lipinski definition) is 2. The largest absolute Gasteiger partial charge is 0.326 e. The first kappa shape index (κ1) is 14.5. The van der Waals surface area contributed by atoms with Crippen molar-refractivity contribution < 1.29 is 8.42 Å². The highest BCUT2D eigenvalue weighted by atomic mass is 32.2. The fourth-order valence-corrected chi connectivity index (χ4v) is 3.40. The van der Waals surface area contributed by atoms with Crippen molar-refractivity contribution in [2.75, 3.05) is 4.72 Å². The van der Waals surface area contributed by atoms with E-state index in [0.29, 0.717) is 16.9 Å². The molecule has 1 aromatic carbocycles. The molecule has 0 radical (unpaired) electrons. The van der Waals surface area contributed by atoms with Gasteiger partial charge in [-0.1, -0.05) is 12.1 Å². The van der Waals surface area contributed by atoms with Gasteiger partial charge in [-0.2, -0.15) is 5.10 Å². The fourth-order valence-electron chi connectivity index (χ4n) is 1.94. The molecule has 2 rings (SSSR count). The van der Waals surface area contributed by atoms with Crippen molar-refractivity contribution in [3.05, 3.63) is 41.1 Å². The van der Waals surface area contributed by atoms with Gasteiger partial charge in [0.25, 0.3) is 10.0 Å². The predicted molar refractivity (Wildman–Crippen MR) is 77.8 cm³/mol. The Morgan fingerprint density at radius 2 is 2.05 bits per heavy atom. The number of nitrogens with zero attached hydrogens (tertiary/aromatic N) is 2. The molecular weight excluding hydrogens is 276 g/mol. The summed E-state index contributed by atoms with van der Waals surface area (Å²) in [4.78, 5) is 0.265. The van der Waals surface area contributed by atoms with Gasteiger partial charge in [-0.15, -0.1) is 0 Å². The minimum atomic E-state index is -3.66. The van der Waals surface area contributed by atoms with Gasteiger partial charge in [0, 0.05) is 19.2 Å². The van der Waals surface area contributed by atoms with E-state index in [1.54, 1.807) is 32.3 Å². The molecule has 6 nitrogen and oxygen atoms in total. The number of benzene rings is 1. The Morgan fingerprint density at radius 1 is 1.35 bits per heavy atom. The molecule has 0 bridgehead atoms. The van der Waals surface area contributed by atoms with Crippen LogP contribution >= 0.6 is 0 Å². The van der Waals surface area contributed by atoms with Crippen LogP contribution in [0.4, 0.5) is 5.82 Å². The van der Waals surface area contributed by atoms with Crippen LogP contribution in [0.25, 0.3) is 0 Å². The van der Waals surface area contributed by atoms with Gasteiger partial charge in [0.15, 0.2) is 0 Å². The molecule has 0 saturated heterocycles. The van der Waals surface area contributed by atoms with Crippen molar-refractivity contribution in [3.8, 4) is 0 Å². The SMILES string of the molecule is Cc1ccc(C)c(S(=O)(=O)Nc2c(CN)cnn2C)c1. The van der Waals surface area contributed by atoms with Gasteiger partial charge in [-0.05, 0) is 31.0 Å². The first-order chi connectivity index (χ1) is 9.35. The fraction of sp³-hybridized carbons (Fsp3) is 0.308. The highest BCUT2D eigenvalue weighted by Crippen LogP contribution is 2.22. The maximum Gasteiger partial charge on any atom is 0.263 e. The molecule has 0 aliphatic carbocycles. The third kappa shape index (κ3) is 2.68. The second-order valence-electron chi connectivity index (χ2n) is 4.72. The van der Waals surface area contributed by atoms with E-state index < -0.39 is 10.0 Å². The second-order valence-corrected chi connectivity index (χ2v) is 6.37. The molecule has 0 unspecified atom stereocenters. The van der Waals surface area contributed by atoms with E-state index in [4.69, 9.17) is 5.73 Å². The Hall–Kier alpha value is -1.86. The first-order valence-electron chi connectivity index (χ1n) is 6.16. The molecule has 0 fully saturated rings. The molecule has 0 saturated carbocycles. The summed E-state index contributed by atoms with van der Waals surface area (Å²) in [5.74, 6) is 0.397. The van der Waals surface area contributed by atoms with Gasteiger partial charge < -0.3 is 5.73 Å². The van der Waals surface area contributed by atoms with Gasteiger partial charge >= 0.3 is 0 Å². The quantitative estimate of drug-likeness (QED) is 0.889. The molecule has 0 amide bonds. The maximum atomic E-state index is 12.5. The van der Waals surface area contributed by atoms with Gasteiger partial charge in [0.2, 0.25) is 0 Å². The van der Waals surface area contributed by atoms with E-state index in [2.05, 4.69) is 9.82 Å². The predicted octanol–water partition coefficient (Wildman–Crippen LogP) is 1.30. The second kappa shape index (κ2) is 5.26. The third-order valence-electron chi connectivity index (χ3n) is 3.10. The minimum Gasteiger partial charge on any atom is -0.326 e. The Kier molecular flexibility index (Phi) is 3.82. The third-order valence-corrected chi connectivity index (χ3v) is 4.58. The van der Waals surface area contributed by atoms with Gasteiger partial charge in [0.05, 0.1) is 11.1 Å². The van der Waals surface area contributed by atoms with Crippen LogP contribution in [0.1, 0.15) is 16.7 Å². The maximum absolute atomic E-state index is 12.5. The highest BCUT2D eigenvalue weighted by molar-refractivity contribution is 7.92. The average molecular weight is 294 g/mol. The zero-order chi connectivity index (χ0) is 14.9. The van der Waals surface area contributed by atoms with E-state index in [0.717, 1.165) is 5.56 Å². The Bertz CT molecular complexity index is 735. The summed E-state index contributed by atoms with van der Waals surface area (Å²) in [6.45, 7) is 3.84. The van der Waals surface area contributed by atoms with Crippen molar-refractivity contribution in [2.24, 2.45) is 12.8 Å². The molecule has 108 valence electrons. The van der Waals surface area contributed by atoms with Crippen molar-refractivity contribution in [2.45, 2.75) is 25.3 Å². The standard InChI is InChI=1S/C13H18N4O2S/c1-9-4-5-10(2)12(6-9)20(18,19)16-13-11(7-14)8-15-17(13)3/h4-6,8,16H,7,14H2,1-3H3. The van der Waals surface area contributed by atoms with Gasteiger partial charge in [-0.25, -0.2) is 8.42 Å². The summed E-state index contributed by atoms with van der Waals surface area (Å²) in [6.07, 6.45) is 1.56. The lowest BCUT2D eigenvalue weighted by Crippen LogP contribution is -2.18. The number of nitrogens with two attached hydrogens (primary N) is 1. The summed E-state index contributed by atoms with van der Waals surface area (Å²) in [5.41, 5.74) is 7.82. The van der Waals surface area contributed by atoms with Gasteiger partial charge in [-0.3, -0.25) is 9.40 Å². The molecule has 0 spiro atoms. The zero-order valence-corrected chi connectivity index (χ0v) is 12.5. The number of sulfonamides is 1. The van der Waals surface area contributed by atoms with Crippen molar-refractivity contribution in [1.29, 1.82) is 0 Å². The van der Waals surface area contributed by atoms with Crippen LogP contribution in [0.15, 0.2) is 29.3 Å². The number of hydrogen-bond acceptors (Lipinski definition) is 4. The molecule has 0 aliphatic heterocycles. The first-order valence-corrected chi connectivity index (χ1v) is 7.64. The van der Waals surface area contributed by atoms with Crippen LogP contribution in [0, 0.1) is 13.8 Å². The lowest BCUT2D eigenvalue weighted by molar-refractivity contribution is 0.599. The Balaban J connectivity index is 2.46. The van der Waals surface area contributed by atoms with Crippen LogP contribution < -0.4 is 10.5 Å². The molecule has 1 heterocycles. The smallest absolute Gasteiger partial charge is 0.263 e. The van der Waals surface area contributed by atoms with E-state index in [9.17, 15) is 8.42 Å². The van der Waals surface area contributed by atoms with E-state index in [1.807, 2.05) is 13.0 Å². The van der Waals surface area contributed by atoms with Crippen LogP contribution in [-0.2, 0) is 23.6 Å². The number of anilines is 1. The number of aryl methyl sites for hydroxylation is 3. The van der Waals surface area contributed by atoms with Crippen molar-refractivity contribution in [1.82, 2.24) is 9.78 Å². The summed E-state index contributed by atoms with van der Waals surface area (Å²) in [5, 5.41) is 4.01. The molecule has 7 heteroatoms. The lowest BCUT2D eigenvalue weighted by Gasteiger charge is -2.12. The minimum absolute atomic E-state index is 0.221. The zero-order valence-electron chi connectivity index (χ0n) is 11.7. The van der Waals surface area contributed by atoms with E-state index >= 15 is 0 Å². The highest BCUT2D eigenvalue weighted by Gasteiger charge is 2.20. The van der Waals surface area contributed by atoms with Crippen LogP contribution in [0.3, 0.4) is 0 Å². The molecule has 3 N–H and O–H groups in total. The molecule has 1 aromatic heterocycles. The summed E-state index contributed by atoms with van der Waals surface area (Å²) in [6, 6.07) is 5.32. The van der Waals surface area contributed by atoms with Gasteiger partial charge in [0.1, 0.15) is 5.82 Å². The summed E-state index contributed by atoms with van der Waals surface area (Å²) < 4.78 is 29.0. The van der Waals surface area contributed by atoms with Crippen molar-refractivity contribution in [3.63, 3.8) is 0 Å². The Labute approximate surface area is 118 Å². The van der Waals surface area contributed by atoms with Crippen LogP contribution in [0.2, 0.25) is 0 Å². The molecule has 2 aromatic rings. The molecular formula is C13H18N4O2S.